The van der Waals surface area contributed by atoms with Crippen LogP contribution in [0.2, 0.25) is 0 Å². The number of fused-ring (bicyclic) bond motifs is 1. The van der Waals surface area contributed by atoms with Gasteiger partial charge in [-0.15, -0.1) is 0 Å². The molecule has 0 radical (unpaired) electrons. The number of carboxylic acid groups (broad SMARTS) is 1. The van der Waals surface area contributed by atoms with Crippen LogP contribution in [-0.4, -0.2) is 23.2 Å². The highest BCUT2D eigenvalue weighted by Gasteiger charge is 2.10. The number of benzene rings is 1. The van der Waals surface area contributed by atoms with Gasteiger partial charge >= 0.3 is 5.97 Å². The minimum atomic E-state index is -1.06. The zero-order valence-corrected chi connectivity index (χ0v) is 8.10. The molecule has 2 aromatic rings. The van der Waals surface area contributed by atoms with E-state index < -0.39 is 5.97 Å². The molecule has 0 saturated heterocycles. The highest BCUT2D eigenvalue weighted by Crippen LogP contribution is 2.23. The Morgan fingerprint density at radius 3 is 2.80 bits per heavy atom. The van der Waals surface area contributed by atoms with Crippen molar-refractivity contribution in [3.63, 3.8) is 0 Å². The van der Waals surface area contributed by atoms with Crippen molar-refractivity contribution in [1.29, 1.82) is 0 Å². The van der Waals surface area contributed by atoms with Crippen molar-refractivity contribution < 1.29 is 14.6 Å². The van der Waals surface area contributed by atoms with E-state index in [-0.39, 0.29) is 5.69 Å². The van der Waals surface area contributed by atoms with Gasteiger partial charge in [-0.3, -0.25) is 0 Å². The van der Waals surface area contributed by atoms with Crippen LogP contribution in [0.5, 0.6) is 5.88 Å². The number of carbonyl (C=O) groups is 1. The lowest BCUT2D eigenvalue weighted by Crippen LogP contribution is -2.02. The highest BCUT2D eigenvalue weighted by atomic mass is 16.5. The van der Waals surface area contributed by atoms with E-state index in [2.05, 4.69) is 4.98 Å². The summed E-state index contributed by atoms with van der Waals surface area (Å²) in [4.78, 5) is 14.7. The summed E-state index contributed by atoms with van der Waals surface area (Å²) in [5, 5.41) is 10.5. The van der Waals surface area contributed by atoms with Gasteiger partial charge in [-0.1, -0.05) is 18.2 Å². The third-order valence-electron chi connectivity index (χ3n) is 2.12. The summed E-state index contributed by atoms with van der Waals surface area (Å²) in [6.07, 6.45) is 0. The fourth-order valence-electron chi connectivity index (χ4n) is 1.43. The topological polar surface area (TPSA) is 59.4 Å². The molecule has 4 nitrogen and oxygen atoms in total. The van der Waals surface area contributed by atoms with Crippen LogP contribution in [0.15, 0.2) is 30.3 Å². The average molecular weight is 203 g/mol. The Kier molecular flexibility index (Phi) is 2.25. The van der Waals surface area contributed by atoms with Gasteiger partial charge in [-0.05, 0) is 17.5 Å². The molecule has 0 spiro atoms. The van der Waals surface area contributed by atoms with Crippen LogP contribution >= 0.6 is 0 Å². The second-order valence-electron chi connectivity index (χ2n) is 3.04. The maximum Gasteiger partial charge on any atom is 0.354 e. The normalized spacial score (nSPS) is 10.2. The van der Waals surface area contributed by atoms with Gasteiger partial charge in [-0.25, -0.2) is 9.78 Å². The summed E-state index contributed by atoms with van der Waals surface area (Å²) in [5.41, 5.74) is -0.00875. The lowest BCUT2D eigenvalue weighted by Gasteiger charge is -2.05. The molecule has 0 amide bonds. The largest absolute Gasteiger partial charge is 0.481 e. The Labute approximate surface area is 86.1 Å². The zero-order chi connectivity index (χ0) is 10.8. The van der Waals surface area contributed by atoms with Gasteiger partial charge in [0.2, 0.25) is 5.88 Å². The minimum Gasteiger partial charge on any atom is -0.481 e. The summed E-state index contributed by atoms with van der Waals surface area (Å²) in [5.74, 6) is -0.718. The van der Waals surface area contributed by atoms with E-state index in [0.717, 1.165) is 10.8 Å². The van der Waals surface area contributed by atoms with Gasteiger partial charge in [0, 0.05) is 5.39 Å². The number of hydrogen-bond donors (Lipinski definition) is 1. The number of hydrogen-bond acceptors (Lipinski definition) is 3. The first-order valence-electron chi connectivity index (χ1n) is 4.39. The molecule has 4 heteroatoms. The number of methoxy groups -OCH3 is 1. The van der Waals surface area contributed by atoms with Crippen molar-refractivity contribution in [1.82, 2.24) is 4.98 Å². The van der Waals surface area contributed by atoms with Crippen molar-refractivity contribution in [2.45, 2.75) is 0 Å². The molecule has 1 aromatic heterocycles. The number of aromatic nitrogens is 1. The van der Waals surface area contributed by atoms with Crippen LogP contribution in [0, 0.1) is 0 Å². The van der Waals surface area contributed by atoms with Crippen molar-refractivity contribution >= 4 is 16.7 Å². The molecule has 0 fully saturated rings. The summed E-state index contributed by atoms with van der Waals surface area (Å²) in [6, 6.07) is 8.89. The monoisotopic (exact) mass is 203 g/mol. The summed E-state index contributed by atoms with van der Waals surface area (Å²) < 4.78 is 5.04. The number of rotatable bonds is 2. The number of carboxylic acids is 1. The van der Waals surface area contributed by atoms with Crippen LogP contribution in [-0.2, 0) is 0 Å². The Morgan fingerprint density at radius 1 is 1.40 bits per heavy atom. The van der Waals surface area contributed by atoms with Crippen molar-refractivity contribution in [3.05, 3.63) is 36.0 Å². The van der Waals surface area contributed by atoms with Gasteiger partial charge in [-0.2, -0.15) is 0 Å². The molecular formula is C11H9NO3. The molecular weight excluding hydrogens is 194 g/mol. The van der Waals surface area contributed by atoms with E-state index in [1.54, 1.807) is 0 Å². The molecule has 1 N–H and O–H groups in total. The van der Waals surface area contributed by atoms with E-state index in [1.165, 1.54) is 13.2 Å². The van der Waals surface area contributed by atoms with Crippen LogP contribution < -0.4 is 4.74 Å². The Hall–Kier alpha value is -2.10. The van der Waals surface area contributed by atoms with E-state index in [0.29, 0.717) is 5.88 Å². The maximum atomic E-state index is 10.8. The predicted molar refractivity (Wildman–Crippen MR) is 55.3 cm³/mol. The van der Waals surface area contributed by atoms with Gasteiger partial charge < -0.3 is 9.84 Å². The van der Waals surface area contributed by atoms with E-state index in [4.69, 9.17) is 9.84 Å². The van der Waals surface area contributed by atoms with Crippen molar-refractivity contribution in [3.8, 4) is 5.88 Å². The van der Waals surface area contributed by atoms with E-state index in [1.807, 2.05) is 24.3 Å². The van der Waals surface area contributed by atoms with E-state index in [9.17, 15) is 4.79 Å². The Bertz CT molecular complexity index is 522. The van der Waals surface area contributed by atoms with Crippen LogP contribution in [0.25, 0.3) is 10.8 Å². The smallest absolute Gasteiger partial charge is 0.354 e. The molecule has 1 heterocycles. The van der Waals surface area contributed by atoms with Gasteiger partial charge in [0.1, 0.15) is 0 Å². The summed E-state index contributed by atoms with van der Waals surface area (Å²) in [7, 11) is 1.47. The lowest BCUT2D eigenvalue weighted by atomic mass is 10.1. The van der Waals surface area contributed by atoms with Gasteiger partial charge in [0.25, 0.3) is 0 Å². The average Bonchev–Trinajstić information content (AvgIpc) is 2.27. The molecule has 2 rings (SSSR count). The third-order valence-corrected chi connectivity index (χ3v) is 2.12. The molecule has 0 aliphatic carbocycles. The molecule has 0 bridgehead atoms. The molecule has 15 heavy (non-hydrogen) atoms. The quantitative estimate of drug-likeness (QED) is 0.810. The summed E-state index contributed by atoms with van der Waals surface area (Å²) in [6.45, 7) is 0. The zero-order valence-electron chi connectivity index (χ0n) is 8.10. The van der Waals surface area contributed by atoms with Crippen molar-refractivity contribution in [2.75, 3.05) is 7.11 Å². The van der Waals surface area contributed by atoms with E-state index >= 15 is 0 Å². The third kappa shape index (κ3) is 1.61. The standard InChI is InChI=1S/C11H9NO3/c1-15-10-8-5-3-2-4-7(8)6-9(12-10)11(13)14/h2-6H,1H3,(H,13,14). The highest BCUT2D eigenvalue weighted by molar-refractivity contribution is 5.94. The molecule has 76 valence electrons. The molecule has 0 unspecified atom stereocenters. The Balaban J connectivity index is 2.77. The lowest BCUT2D eigenvalue weighted by molar-refractivity contribution is 0.0690. The fraction of sp³-hybridized carbons (Fsp3) is 0.0909. The fourth-order valence-corrected chi connectivity index (χ4v) is 1.43. The molecule has 0 atom stereocenters. The van der Waals surface area contributed by atoms with Gasteiger partial charge in [0.15, 0.2) is 5.69 Å². The number of pyridine rings is 1. The molecule has 0 aliphatic rings. The minimum absolute atomic E-state index is 0.00875. The number of nitrogens with zero attached hydrogens (tertiary/aromatic N) is 1. The second-order valence-corrected chi connectivity index (χ2v) is 3.04. The molecule has 0 saturated carbocycles. The first-order chi connectivity index (χ1) is 7.22. The predicted octanol–water partition coefficient (Wildman–Crippen LogP) is 1.94. The number of aromatic carboxylic acids is 1. The first kappa shape index (κ1) is 9.45. The second kappa shape index (κ2) is 3.57. The molecule has 0 aliphatic heterocycles. The van der Waals surface area contributed by atoms with Crippen molar-refractivity contribution in [2.24, 2.45) is 0 Å². The number of ether oxygens (including phenoxy) is 1. The van der Waals surface area contributed by atoms with Crippen LogP contribution in [0.4, 0.5) is 0 Å². The molecule has 1 aromatic carbocycles. The SMILES string of the molecule is COc1nc(C(=O)O)cc2ccccc12. The maximum absolute atomic E-state index is 10.8. The van der Waals surface area contributed by atoms with Crippen LogP contribution in [0.1, 0.15) is 10.5 Å². The van der Waals surface area contributed by atoms with Crippen LogP contribution in [0.3, 0.4) is 0 Å². The van der Waals surface area contributed by atoms with Gasteiger partial charge in [0.05, 0.1) is 7.11 Å². The Morgan fingerprint density at radius 2 is 2.13 bits per heavy atom. The summed E-state index contributed by atoms with van der Waals surface area (Å²) >= 11 is 0. The first-order valence-corrected chi connectivity index (χ1v) is 4.39.